The van der Waals surface area contributed by atoms with E-state index in [1.807, 2.05) is 19.1 Å². The lowest BCUT2D eigenvalue weighted by molar-refractivity contribution is 0.339. The van der Waals surface area contributed by atoms with Crippen LogP contribution in [0.5, 0.6) is 5.75 Å². The highest BCUT2D eigenvalue weighted by atomic mass is 16.5. The summed E-state index contributed by atoms with van der Waals surface area (Å²) < 4.78 is 7.72. The third-order valence-corrected chi connectivity index (χ3v) is 3.85. The number of rotatable bonds is 4. The molecule has 0 bridgehead atoms. The summed E-state index contributed by atoms with van der Waals surface area (Å²) in [6.45, 7) is 8.95. The molecule has 0 saturated carbocycles. The molecule has 1 atom stereocenters. The Hall–Kier alpha value is -1.88. The molecule has 0 amide bonds. The first-order chi connectivity index (χ1) is 10.2. The normalized spacial score (nSPS) is 17.8. The van der Waals surface area contributed by atoms with Crippen molar-refractivity contribution >= 4 is 0 Å². The molecule has 21 heavy (non-hydrogen) atoms. The Balaban J connectivity index is 1.93. The molecule has 5 heteroatoms. The number of benzene rings is 1. The van der Waals surface area contributed by atoms with Gasteiger partial charge in [0.15, 0.2) is 11.6 Å². The summed E-state index contributed by atoms with van der Waals surface area (Å²) in [6, 6.07) is 8.36. The predicted octanol–water partition coefficient (Wildman–Crippen LogP) is 2.64. The highest BCUT2D eigenvalue weighted by molar-refractivity contribution is 5.57. The predicted molar refractivity (Wildman–Crippen MR) is 82.2 cm³/mol. The Morgan fingerprint density at radius 3 is 2.71 bits per heavy atom. The topological polar surface area (TPSA) is 52.0 Å². The van der Waals surface area contributed by atoms with Crippen molar-refractivity contribution in [2.75, 3.05) is 13.2 Å². The minimum Gasteiger partial charge on any atom is -0.494 e. The molecule has 0 radical (unpaired) electrons. The second kappa shape index (κ2) is 5.85. The van der Waals surface area contributed by atoms with E-state index >= 15 is 0 Å². The van der Waals surface area contributed by atoms with Crippen LogP contribution in [-0.4, -0.2) is 27.9 Å². The Morgan fingerprint density at radius 1 is 1.29 bits per heavy atom. The molecule has 1 N–H and O–H groups in total. The highest BCUT2D eigenvalue weighted by Gasteiger charge is 2.27. The number of fused-ring (bicyclic) bond motifs is 1. The van der Waals surface area contributed by atoms with E-state index in [2.05, 4.69) is 46.1 Å². The summed E-state index contributed by atoms with van der Waals surface area (Å²) in [6.07, 6.45) is 0. The average molecular weight is 286 g/mol. The molecule has 0 aliphatic carbocycles. The molecular weight excluding hydrogens is 264 g/mol. The van der Waals surface area contributed by atoms with E-state index in [-0.39, 0.29) is 6.04 Å². The number of ether oxygens (including phenoxy) is 1. The van der Waals surface area contributed by atoms with Crippen LogP contribution >= 0.6 is 0 Å². The molecule has 1 aliphatic heterocycles. The number of hydrogen-bond donors (Lipinski definition) is 1. The number of hydrogen-bond acceptors (Lipinski definition) is 4. The molecule has 3 rings (SSSR count). The first-order valence-corrected chi connectivity index (χ1v) is 7.60. The molecule has 2 heterocycles. The lowest BCUT2D eigenvalue weighted by Gasteiger charge is -2.27. The third-order valence-electron chi connectivity index (χ3n) is 3.85. The van der Waals surface area contributed by atoms with Crippen LogP contribution in [-0.2, 0) is 6.54 Å². The van der Waals surface area contributed by atoms with Gasteiger partial charge in [0.2, 0.25) is 0 Å². The van der Waals surface area contributed by atoms with E-state index in [1.54, 1.807) is 0 Å². The molecule has 2 aromatic rings. The van der Waals surface area contributed by atoms with Gasteiger partial charge in [-0.2, -0.15) is 0 Å². The zero-order valence-corrected chi connectivity index (χ0v) is 12.8. The van der Waals surface area contributed by atoms with Crippen LogP contribution in [0.2, 0.25) is 0 Å². The van der Waals surface area contributed by atoms with Gasteiger partial charge in [0.1, 0.15) is 5.75 Å². The molecule has 112 valence electrons. The van der Waals surface area contributed by atoms with Crippen LogP contribution in [0.4, 0.5) is 0 Å². The van der Waals surface area contributed by atoms with Gasteiger partial charge in [0, 0.05) is 18.7 Å². The SMILES string of the molecule is CCOc1ccc(-c2nnc3n2CCNC3C(C)C)cc1. The fraction of sp³-hybridized carbons (Fsp3) is 0.500. The zero-order valence-electron chi connectivity index (χ0n) is 12.8. The summed E-state index contributed by atoms with van der Waals surface area (Å²) >= 11 is 0. The Bertz CT molecular complexity index is 603. The molecular formula is C16H22N4O. The lowest BCUT2D eigenvalue weighted by atomic mass is 10.0. The Labute approximate surface area is 125 Å². The molecule has 1 aromatic carbocycles. The van der Waals surface area contributed by atoms with Crippen LogP contribution in [0.1, 0.15) is 32.6 Å². The maximum absolute atomic E-state index is 5.49. The van der Waals surface area contributed by atoms with Gasteiger partial charge in [-0.15, -0.1) is 10.2 Å². The van der Waals surface area contributed by atoms with E-state index in [9.17, 15) is 0 Å². The first-order valence-electron chi connectivity index (χ1n) is 7.60. The molecule has 0 saturated heterocycles. The zero-order chi connectivity index (χ0) is 14.8. The second-order valence-corrected chi connectivity index (χ2v) is 5.67. The first kappa shape index (κ1) is 14.1. The largest absolute Gasteiger partial charge is 0.494 e. The maximum Gasteiger partial charge on any atom is 0.164 e. The van der Waals surface area contributed by atoms with Crippen LogP contribution in [0.3, 0.4) is 0 Å². The van der Waals surface area contributed by atoms with Crippen LogP contribution in [0, 0.1) is 5.92 Å². The van der Waals surface area contributed by atoms with E-state index in [4.69, 9.17) is 4.74 Å². The van der Waals surface area contributed by atoms with Crippen molar-refractivity contribution < 1.29 is 4.74 Å². The molecule has 0 fully saturated rings. The molecule has 1 aliphatic rings. The van der Waals surface area contributed by atoms with Gasteiger partial charge in [-0.25, -0.2) is 0 Å². The summed E-state index contributed by atoms with van der Waals surface area (Å²) in [7, 11) is 0. The van der Waals surface area contributed by atoms with Gasteiger partial charge in [0.05, 0.1) is 12.6 Å². The summed E-state index contributed by atoms with van der Waals surface area (Å²) in [5, 5.41) is 12.3. The summed E-state index contributed by atoms with van der Waals surface area (Å²) in [4.78, 5) is 0. The van der Waals surface area contributed by atoms with E-state index in [0.29, 0.717) is 12.5 Å². The van der Waals surface area contributed by atoms with Crippen molar-refractivity contribution in [3.05, 3.63) is 30.1 Å². The van der Waals surface area contributed by atoms with Crippen LogP contribution < -0.4 is 10.1 Å². The fourth-order valence-corrected chi connectivity index (χ4v) is 2.80. The molecule has 5 nitrogen and oxygen atoms in total. The number of nitrogens with zero attached hydrogens (tertiary/aromatic N) is 3. The van der Waals surface area contributed by atoms with Gasteiger partial charge in [-0.05, 0) is 37.1 Å². The molecule has 1 unspecified atom stereocenters. The van der Waals surface area contributed by atoms with Gasteiger partial charge in [0.25, 0.3) is 0 Å². The van der Waals surface area contributed by atoms with Crippen molar-refractivity contribution in [3.8, 4) is 17.1 Å². The monoisotopic (exact) mass is 286 g/mol. The summed E-state index contributed by atoms with van der Waals surface area (Å²) in [5.74, 6) is 3.38. The van der Waals surface area contributed by atoms with Crippen LogP contribution in [0.15, 0.2) is 24.3 Å². The van der Waals surface area contributed by atoms with Crippen molar-refractivity contribution in [2.45, 2.75) is 33.4 Å². The second-order valence-electron chi connectivity index (χ2n) is 5.67. The van der Waals surface area contributed by atoms with Crippen molar-refractivity contribution in [3.63, 3.8) is 0 Å². The maximum atomic E-state index is 5.49. The third kappa shape index (κ3) is 2.65. The van der Waals surface area contributed by atoms with E-state index in [0.717, 1.165) is 36.1 Å². The van der Waals surface area contributed by atoms with Gasteiger partial charge < -0.3 is 14.6 Å². The molecule has 1 aromatic heterocycles. The van der Waals surface area contributed by atoms with Crippen molar-refractivity contribution in [1.82, 2.24) is 20.1 Å². The van der Waals surface area contributed by atoms with Gasteiger partial charge in [-0.3, -0.25) is 0 Å². The highest BCUT2D eigenvalue weighted by Crippen LogP contribution is 2.28. The van der Waals surface area contributed by atoms with Gasteiger partial charge in [-0.1, -0.05) is 13.8 Å². The fourth-order valence-electron chi connectivity index (χ4n) is 2.80. The lowest BCUT2D eigenvalue weighted by Crippen LogP contribution is -2.36. The standard InChI is InChI=1S/C16H22N4O/c1-4-21-13-7-5-12(6-8-13)15-18-19-16-14(11(2)3)17-9-10-20(15)16/h5-8,11,14,17H,4,9-10H2,1-3H3. The summed E-state index contributed by atoms with van der Waals surface area (Å²) in [5.41, 5.74) is 1.08. The smallest absolute Gasteiger partial charge is 0.164 e. The minimum absolute atomic E-state index is 0.280. The van der Waals surface area contributed by atoms with Crippen molar-refractivity contribution in [2.24, 2.45) is 5.92 Å². The number of nitrogens with one attached hydrogen (secondary N) is 1. The van der Waals surface area contributed by atoms with E-state index < -0.39 is 0 Å². The van der Waals surface area contributed by atoms with E-state index in [1.165, 1.54) is 0 Å². The molecule has 0 spiro atoms. The quantitative estimate of drug-likeness (QED) is 0.939. The minimum atomic E-state index is 0.280. The average Bonchev–Trinajstić information content (AvgIpc) is 2.92. The number of aromatic nitrogens is 3. The Kier molecular flexibility index (Phi) is 3.92. The van der Waals surface area contributed by atoms with Crippen LogP contribution in [0.25, 0.3) is 11.4 Å². The Morgan fingerprint density at radius 2 is 2.05 bits per heavy atom. The van der Waals surface area contributed by atoms with Gasteiger partial charge >= 0.3 is 0 Å². The van der Waals surface area contributed by atoms with Crippen molar-refractivity contribution in [1.29, 1.82) is 0 Å².